The molecule has 1 amide bonds. The molecule has 138 valence electrons. The van der Waals surface area contributed by atoms with E-state index in [2.05, 4.69) is 19.9 Å². The predicted molar refractivity (Wildman–Crippen MR) is 93.9 cm³/mol. The summed E-state index contributed by atoms with van der Waals surface area (Å²) < 4.78 is 5.28. The summed E-state index contributed by atoms with van der Waals surface area (Å²) >= 11 is 0. The Hall–Kier alpha value is -1.43. The summed E-state index contributed by atoms with van der Waals surface area (Å²) in [4.78, 5) is 22.0. The van der Waals surface area contributed by atoms with Gasteiger partial charge in [0.2, 0.25) is 11.8 Å². The molecule has 6 nitrogen and oxygen atoms in total. The Labute approximate surface area is 149 Å². The Morgan fingerprint density at radius 1 is 1.12 bits per heavy atom. The van der Waals surface area contributed by atoms with Gasteiger partial charge in [-0.05, 0) is 51.0 Å². The topological polar surface area (TPSA) is 62.5 Å². The van der Waals surface area contributed by atoms with Crippen molar-refractivity contribution < 1.29 is 9.32 Å². The Bertz CT molecular complexity index is 600. The van der Waals surface area contributed by atoms with Crippen LogP contribution in [0.3, 0.4) is 0 Å². The van der Waals surface area contributed by atoms with Gasteiger partial charge >= 0.3 is 0 Å². The van der Waals surface area contributed by atoms with Crippen LogP contribution in [0, 0.1) is 5.92 Å². The summed E-state index contributed by atoms with van der Waals surface area (Å²) in [6.45, 7) is 4.42. The van der Waals surface area contributed by atoms with Crippen LogP contribution in [0.5, 0.6) is 0 Å². The van der Waals surface area contributed by atoms with Gasteiger partial charge in [0.1, 0.15) is 0 Å². The minimum Gasteiger partial charge on any atom is -0.339 e. The van der Waals surface area contributed by atoms with Gasteiger partial charge in [-0.25, -0.2) is 0 Å². The molecule has 1 saturated carbocycles. The number of aromatic nitrogens is 2. The maximum Gasteiger partial charge on any atom is 0.237 e. The quantitative estimate of drug-likeness (QED) is 0.839. The Balaban J connectivity index is 1.42. The number of hydrogen-bond donors (Lipinski definition) is 0. The van der Waals surface area contributed by atoms with Crippen LogP contribution in [0.15, 0.2) is 4.52 Å². The lowest BCUT2D eigenvalue weighted by Gasteiger charge is -2.44. The summed E-state index contributed by atoms with van der Waals surface area (Å²) in [6, 6.07) is 0.632. The van der Waals surface area contributed by atoms with Crippen LogP contribution in [-0.2, 0) is 11.2 Å². The van der Waals surface area contributed by atoms with Crippen molar-refractivity contribution in [2.24, 2.45) is 5.92 Å². The van der Waals surface area contributed by atoms with Crippen LogP contribution >= 0.6 is 0 Å². The van der Waals surface area contributed by atoms with E-state index in [-0.39, 0.29) is 6.04 Å². The number of nitrogens with zero attached hydrogens (tertiary/aromatic N) is 4. The minimum atomic E-state index is 0.139. The van der Waals surface area contributed by atoms with E-state index in [0.717, 1.165) is 44.1 Å². The zero-order valence-electron chi connectivity index (χ0n) is 15.3. The first-order chi connectivity index (χ1) is 12.3. The summed E-state index contributed by atoms with van der Waals surface area (Å²) in [6.07, 6.45) is 10.5. The second-order valence-corrected chi connectivity index (χ2v) is 7.87. The first-order valence-electron chi connectivity index (χ1n) is 10.1. The van der Waals surface area contributed by atoms with Gasteiger partial charge in [0.05, 0.1) is 12.6 Å². The standard InChI is InChI=1S/C19H30N4O2/c1-2-17-20-19(21-25-17)16-10-6-11-22(16)13-18(24)23-12-5-8-14-7-3-4-9-15(14)23/h14-16H,2-13H2,1H3/t14-,15+,16+/m1/s1. The average molecular weight is 346 g/mol. The van der Waals surface area contributed by atoms with Gasteiger partial charge in [-0.3, -0.25) is 9.69 Å². The minimum absolute atomic E-state index is 0.139. The first kappa shape index (κ1) is 17.0. The zero-order valence-corrected chi connectivity index (χ0v) is 15.3. The Morgan fingerprint density at radius 3 is 2.76 bits per heavy atom. The number of fused-ring (bicyclic) bond motifs is 1. The lowest BCUT2D eigenvalue weighted by Crippen LogP contribution is -2.52. The molecule has 1 aromatic rings. The highest BCUT2D eigenvalue weighted by atomic mass is 16.5. The van der Waals surface area contributed by atoms with Crippen LogP contribution < -0.4 is 0 Å². The van der Waals surface area contributed by atoms with E-state index in [1.807, 2.05) is 6.92 Å². The van der Waals surface area contributed by atoms with Crippen molar-refractivity contribution >= 4 is 5.91 Å². The highest BCUT2D eigenvalue weighted by Gasteiger charge is 2.38. The Kier molecular flexibility index (Phi) is 5.06. The van der Waals surface area contributed by atoms with Crippen molar-refractivity contribution in [3.63, 3.8) is 0 Å². The molecule has 2 saturated heterocycles. The second-order valence-electron chi connectivity index (χ2n) is 7.87. The zero-order chi connectivity index (χ0) is 17.2. The Morgan fingerprint density at radius 2 is 1.92 bits per heavy atom. The molecular weight excluding hydrogens is 316 g/mol. The fourth-order valence-electron chi connectivity index (χ4n) is 5.05. The molecule has 2 aliphatic heterocycles. The number of likely N-dealkylation sites (tertiary alicyclic amines) is 2. The molecule has 0 N–H and O–H groups in total. The highest BCUT2D eigenvalue weighted by molar-refractivity contribution is 5.79. The third-order valence-corrected chi connectivity index (χ3v) is 6.35. The van der Waals surface area contributed by atoms with Gasteiger partial charge in [-0.2, -0.15) is 4.98 Å². The predicted octanol–water partition coefficient (Wildman–Crippen LogP) is 2.95. The molecule has 0 aromatic carbocycles. The number of hydrogen-bond acceptors (Lipinski definition) is 5. The van der Waals surface area contributed by atoms with Crippen LogP contribution in [0.2, 0.25) is 0 Å². The van der Waals surface area contributed by atoms with Crippen molar-refractivity contribution in [2.45, 2.75) is 76.8 Å². The van der Waals surface area contributed by atoms with Crippen LogP contribution in [0.4, 0.5) is 0 Å². The third-order valence-electron chi connectivity index (χ3n) is 6.35. The van der Waals surface area contributed by atoms with E-state index < -0.39 is 0 Å². The smallest absolute Gasteiger partial charge is 0.237 e. The lowest BCUT2D eigenvalue weighted by atomic mass is 9.78. The van der Waals surface area contributed by atoms with E-state index in [1.165, 1.54) is 38.5 Å². The molecular formula is C19H30N4O2. The van der Waals surface area contributed by atoms with E-state index in [1.54, 1.807) is 0 Å². The maximum atomic E-state index is 13.1. The van der Waals surface area contributed by atoms with Crippen molar-refractivity contribution in [1.82, 2.24) is 19.9 Å². The molecule has 1 aliphatic carbocycles. The van der Waals surface area contributed by atoms with Gasteiger partial charge in [0.15, 0.2) is 5.82 Å². The van der Waals surface area contributed by atoms with Gasteiger partial charge in [-0.1, -0.05) is 24.9 Å². The molecule has 6 heteroatoms. The summed E-state index contributed by atoms with van der Waals surface area (Å²) in [5.41, 5.74) is 0. The molecule has 4 rings (SSSR count). The largest absolute Gasteiger partial charge is 0.339 e. The molecule has 0 unspecified atom stereocenters. The summed E-state index contributed by atoms with van der Waals surface area (Å²) in [5, 5.41) is 4.15. The van der Waals surface area contributed by atoms with Gasteiger partial charge in [-0.15, -0.1) is 0 Å². The van der Waals surface area contributed by atoms with Crippen LogP contribution in [-0.4, -0.2) is 51.5 Å². The van der Waals surface area contributed by atoms with Crippen molar-refractivity contribution in [1.29, 1.82) is 0 Å². The molecule has 0 spiro atoms. The molecule has 3 fully saturated rings. The van der Waals surface area contributed by atoms with Crippen molar-refractivity contribution in [2.75, 3.05) is 19.6 Å². The molecule has 0 radical (unpaired) electrons. The third kappa shape index (κ3) is 3.46. The number of carbonyl (C=O) groups excluding carboxylic acids is 1. The van der Waals surface area contributed by atoms with Crippen LogP contribution in [0.1, 0.15) is 76.0 Å². The van der Waals surface area contributed by atoms with E-state index in [4.69, 9.17) is 4.52 Å². The number of aryl methyl sites for hydroxylation is 1. The van der Waals surface area contributed by atoms with Crippen LogP contribution in [0.25, 0.3) is 0 Å². The SMILES string of the molecule is CCc1nc([C@@H]2CCCN2CC(=O)N2CCC[C@H]3CCCC[C@@H]32)no1. The molecule has 3 aliphatic rings. The van der Waals surface area contributed by atoms with E-state index >= 15 is 0 Å². The van der Waals surface area contributed by atoms with Crippen molar-refractivity contribution in [3.8, 4) is 0 Å². The second kappa shape index (κ2) is 7.44. The molecule has 25 heavy (non-hydrogen) atoms. The average Bonchev–Trinajstić information content (AvgIpc) is 3.30. The normalized spacial score (nSPS) is 30.4. The summed E-state index contributed by atoms with van der Waals surface area (Å²) in [7, 11) is 0. The van der Waals surface area contributed by atoms with Gasteiger partial charge in [0, 0.05) is 19.0 Å². The molecule has 0 bridgehead atoms. The van der Waals surface area contributed by atoms with Gasteiger partial charge in [0.25, 0.3) is 0 Å². The monoisotopic (exact) mass is 346 g/mol. The molecule has 3 atom stereocenters. The number of amides is 1. The van der Waals surface area contributed by atoms with Gasteiger partial charge < -0.3 is 9.42 Å². The fourth-order valence-corrected chi connectivity index (χ4v) is 5.05. The highest BCUT2D eigenvalue weighted by Crippen LogP contribution is 2.36. The molecule has 3 heterocycles. The van der Waals surface area contributed by atoms with E-state index in [0.29, 0.717) is 24.4 Å². The summed E-state index contributed by atoms with van der Waals surface area (Å²) in [5.74, 6) is 2.50. The number of piperidine rings is 1. The number of rotatable bonds is 4. The van der Waals surface area contributed by atoms with Crippen molar-refractivity contribution in [3.05, 3.63) is 11.7 Å². The van der Waals surface area contributed by atoms with E-state index in [9.17, 15) is 4.79 Å². The lowest BCUT2D eigenvalue weighted by molar-refractivity contribution is -0.139. The molecule has 1 aromatic heterocycles. The first-order valence-corrected chi connectivity index (χ1v) is 10.1. The maximum absolute atomic E-state index is 13.1. The number of carbonyl (C=O) groups is 1. The fraction of sp³-hybridized carbons (Fsp3) is 0.842.